The van der Waals surface area contributed by atoms with Crippen molar-refractivity contribution in [3.05, 3.63) is 72.7 Å². The molecule has 0 saturated heterocycles. The zero-order valence-corrected chi connectivity index (χ0v) is 16.1. The van der Waals surface area contributed by atoms with Gasteiger partial charge in [0.25, 0.3) is 5.91 Å². The van der Waals surface area contributed by atoms with E-state index in [-0.39, 0.29) is 11.6 Å². The first-order valence-electron chi connectivity index (χ1n) is 9.30. The maximum absolute atomic E-state index is 12.3. The lowest BCUT2D eigenvalue weighted by Crippen LogP contribution is -2.14. The molecule has 0 aliphatic rings. The van der Waals surface area contributed by atoms with Crippen LogP contribution in [0.25, 0.3) is 0 Å². The fourth-order valence-electron chi connectivity index (χ4n) is 2.45. The highest BCUT2D eigenvalue weighted by Gasteiger charge is 2.09. The van der Waals surface area contributed by atoms with Gasteiger partial charge in [0.2, 0.25) is 0 Å². The molecular weight excluding hydrogens is 352 g/mol. The number of carbonyl (C=O) groups excluding carboxylic acids is 1. The van der Waals surface area contributed by atoms with E-state index in [1.54, 1.807) is 30.5 Å². The zero-order chi connectivity index (χ0) is 19.8. The van der Waals surface area contributed by atoms with Crippen LogP contribution in [0.3, 0.4) is 0 Å². The topological polar surface area (TPSA) is 76.1 Å². The van der Waals surface area contributed by atoms with Crippen molar-refractivity contribution in [3.8, 4) is 11.5 Å². The highest BCUT2D eigenvalue weighted by Crippen LogP contribution is 2.22. The van der Waals surface area contributed by atoms with Crippen LogP contribution in [0.2, 0.25) is 0 Å². The minimum absolute atomic E-state index is 0.263. The average Bonchev–Trinajstić information content (AvgIpc) is 2.70. The van der Waals surface area contributed by atoms with Crippen LogP contribution >= 0.6 is 0 Å². The van der Waals surface area contributed by atoms with Crippen molar-refractivity contribution >= 4 is 17.4 Å². The van der Waals surface area contributed by atoms with Gasteiger partial charge in [0.1, 0.15) is 23.0 Å². The van der Waals surface area contributed by atoms with Gasteiger partial charge in [0, 0.05) is 12.2 Å². The standard InChI is InChI=1S/C22H24N4O2/c1-16(2)12-13-23-21-15-24-20(14-25-21)22(27)26-17-8-10-19(11-9-17)28-18-6-4-3-5-7-18/h3-11,14-16H,12-13H2,1-2H3,(H,23,25)(H,26,27). The molecule has 1 amide bonds. The summed E-state index contributed by atoms with van der Waals surface area (Å²) < 4.78 is 5.74. The summed E-state index contributed by atoms with van der Waals surface area (Å²) in [6.07, 6.45) is 4.10. The monoisotopic (exact) mass is 376 g/mol. The molecule has 0 saturated carbocycles. The molecule has 0 unspecified atom stereocenters. The van der Waals surface area contributed by atoms with Gasteiger partial charge in [-0.3, -0.25) is 4.79 Å². The van der Waals surface area contributed by atoms with Crippen molar-refractivity contribution in [2.24, 2.45) is 5.92 Å². The molecule has 6 nitrogen and oxygen atoms in total. The van der Waals surface area contributed by atoms with Crippen molar-refractivity contribution in [1.82, 2.24) is 9.97 Å². The minimum Gasteiger partial charge on any atom is -0.457 e. The van der Waals surface area contributed by atoms with Gasteiger partial charge in [-0.15, -0.1) is 0 Å². The second kappa shape index (κ2) is 9.50. The number of hydrogen-bond acceptors (Lipinski definition) is 5. The normalized spacial score (nSPS) is 10.5. The van der Waals surface area contributed by atoms with E-state index in [4.69, 9.17) is 4.74 Å². The second-order valence-corrected chi connectivity index (χ2v) is 6.79. The smallest absolute Gasteiger partial charge is 0.275 e. The van der Waals surface area contributed by atoms with Gasteiger partial charge in [-0.05, 0) is 48.7 Å². The van der Waals surface area contributed by atoms with Crippen molar-refractivity contribution in [2.45, 2.75) is 20.3 Å². The van der Waals surface area contributed by atoms with Gasteiger partial charge in [-0.2, -0.15) is 0 Å². The van der Waals surface area contributed by atoms with E-state index >= 15 is 0 Å². The minimum atomic E-state index is -0.307. The predicted octanol–water partition coefficient (Wildman–Crippen LogP) is 4.98. The molecule has 0 radical (unpaired) electrons. The molecule has 0 aliphatic carbocycles. The summed E-state index contributed by atoms with van der Waals surface area (Å²) in [7, 11) is 0. The Kier molecular flexibility index (Phi) is 6.57. The molecule has 1 aromatic heterocycles. The van der Waals surface area contributed by atoms with Crippen LogP contribution in [-0.4, -0.2) is 22.4 Å². The van der Waals surface area contributed by atoms with Crippen LogP contribution < -0.4 is 15.4 Å². The molecule has 0 atom stereocenters. The molecular formula is C22H24N4O2. The first-order valence-corrected chi connectivity index (χ1v) is 9.30. The molecule has 144 valence electrons. The Bertz CT molecular complexity index is 879. The summed E-state index contributed by atoms with van der Waals surface area (Å²) in [5.41, 5.74) is 0.922. The number of benzene rings is 2. The van der Waals surface area contributed by atoms with E-state index in [1.165, 1.54) is 6.20 Å². The largest absolute Gasteiger partial charge is 0.457 e. The quantitative estimate of drug-likeness (QED) is 0.580. The first-order chi connectivity index (χ1) is 13.6. The summed E-state index contributed by atoms with van der Waals surface area (Å²) in [6, 6.07) is 16.7. The van der Waals surface area contributed by atoms with Gasteiger partial charge >= 0.3 is 0 Å². The van der Waals surface area contributed by atoms with Crippen molar-refractivity contribution in [2.75, 3.05) is 17.2 Å². The third-order valence-corrected chi connectivity index (χ3v) is 4.00. The number of para-hydroxylation sites is 1. The molecule has 3 aromatic rings. The number of anilines is 2. The van der Waals surface area contributed by atoms with E-state index in [0.717, 1.165) is 18.7 Å². The first kappa shape index (κ1) is 19.4. The fraction of sp³-hybridized carbons (Fsp3) is 0.227. The van der Waals surface area contributed by atoms with Gasteiger partial charge in [0.05, 0.1) is 12.4 Å². The van der Waals surface area contributed by atoms with E-state index in [0.29, 0.717) is 23.2 Å². The maximum Gasteiger partial charge on any atom is 0.275 e. The Morgan fingerprint density at radius 3 is 2.32 bits per heavy atom. The lowest BCUT2D eigenvalue weighted by atomic mass is 10.1. The summed E-state index contributed by atoms with van der Waals surface area (Å²) in [4.78, 5) is 20.8. The lowest BCUT2D eigenvalue weighted by Gasteiger charge is -2.09. The summed E-state index contributed by atoms with van der Waals surface area (Å²) in [6.45, 7) is 5.16. The predicted molar refractivity (Wildman–Crippen MR) is 111 cm³/mol. The second-order valence-electron chi connectivity index (χ2n) is 6.79. The van der Waals surface area contributed by atoms with E-state index < -0.39 is 0 Å². The van der Waals surface area contributed by atoms with Gasteiger partial charge in [-0.25, -0.2) is 9.97 Å². The Balaban J connectivity index is 1.54. The van der Waals surface area contributed by atoms with Gasteiger partial charge in [0.15, 0.2) is 0 Å². The average molecular weight is 376 g/mol. The van der Waals surface area contributed by atoms with Crippen LogP contribution in [0.4, 0.5) is 11.5 Å². The van der Waals surface area contributed by atoms with Gasteiger partial charge < -0.3 is 15.4 Å². The SMILES string of the molecule is CC(C)CCNc1cnc(C(=O)Nc2ccc(Oc3ccccc3)cc2)cn1. The number of nitrogens with one attached hydrogen (secondary N) is 2. The molecule has 3 rings (SSSR count). The van der Waals surface area contributed by atoms with Gasteiger partial charge in [-0.1, -0.05) is 32.0 Å². The number of amides is 1. The Hall–Kier alpha value is -3.41. The number of ether oxygens (including phenoxy) is 1. The summed E-state index contributed by atoms with van der Waals surface area (Å²) in [5, 5.41) is 6.01. The Morgan fingerprint density at radius 1 is 0.964 bits per heavy atom. The third-order valence-electron chi connectivity index (χ3n) is 4.00. The number of hydrogen-bond donors (Lipinski definition) is 2. The van der Waals surface area contributed by atoms with Crippen LogP contribution in [-0.2, 0) is 0 Å². The van der Waals surface area contributed by atoms with Crippen molar-refractivity contribution in [1.29, 1.82) is 0 Å². The van der Waals surface area contributed by atoms with Crippen molar-refractivity contribution in [3.63, 3.8) is 0 Å². The van der Waals surface area contributed by atoms with Crippen LogP contribution in [0.15, 0.2) is 67.0 Å². The molecule has 0 fully saturated rings. The molecule has 6 heteroatoms. The van der Waals surface area contributed by atoms with E-state index in [2.05, 4.69) is 34.4 Å². The third kappa shape index (κ3) is 5.81. The van der Waals surface area contributed by atoms with E-state index in [1.807, 2.05) is 30.3 Å². The zero-order valence-electron chi connectivity index (χ0n) is 16.1. The highest BCUT2D eigenvalue weighted by atomic mass is 16.5. The van der Waals surface area contributed by atoms with Crippen LogP contribution in [0, 0.1) is 5.92 Å². The molecule has 0 bridgehead atoms. The number of nitrogens with zero attached hydrogens (tertiary/aromatic N) is 2. The molecule has 0 spiro atoms. The summed E-state index contributed by atoms with van der Waals surface area (Å²) >= 11 is 0. The number of aromatic nitrogens is 2. The maximum atomic E-state index is 12.3. The Morgan fingerprint density at radius 2 is 1.68 bits per heavy atom. The van der Waals surface area contributed by atoms with Crippen molar-refractivity contribution < 1.29 is 9.53 Å². The number of carbonyl (C=O) groups is 1. The Labute approximate surface area is 165 Å². The molecule has 1 heterocycles. The molecule has 28 heavy (non-hydrogen) atoms. The summed E-state index contributed by atoms with van der Waals surface area (Å²) in [5.74, 6) is 2.44. The van der Waals surface area contributed by atoms with Crippen LogP contribution in [0.5, 0.6) is 11.5 Å². The molecule has 2 N–H and O–H groups in total. The number of rotatable bonds is 8. The molecule has 2 aromatic carbocycles. The molecule has 0 aliphatic heterocycles. The van der Waals surface area contributed by atoms with Crippen LogP contribution in [0.1, 0.15) is 30.8 Å². The fourth-order valence-corrected chi connectivity index (χ4v) is 2.45. The van der Waals surface area contributed by atoms with E-state index in [9.17, 15) is 4.79 Å². The lowest BCUT2D eigenvalue weighted by molar-refractivity contribution is 0.102. The highest BCUT2D eigenvalue weighted by molar-refractivity contribution is 6.02.